The molecule has 66 valence electrons. The Kier molecular flexibility index (Phi) is 2.84. The number of aliphatic hydroxyl groups is 2. The molecule has 3 N–H and O–H groups in total. The molecule has 4 nitrogen and oxygen atoms in total. The third kappa shape index (κ3) is 1.70. The van der Waals surface area contributed by atoms with Gasteiger partial charge in [-0.2, -0.15) is 0 Å². The largest absolute Gasteiger partial charge is 0.389 e. The Morgan fingerprint density at radius 2 is 2.27 bits per heavy atom. The van der Waals surface area contributed by atoms with Crippen molar-refractivity contribution in [2.75, 3.05) is 13.7 Å². The maximum Gasteiger partial charge on any atom is 0.113 e. The summed E-state index contributed by atoms with van der Waals surface area (Å²) in [6.45, 7) is 2.19. The van der Waals surface area contributed by atoms with Gasteiger partial charge in [0.15, 0.2) is 0 Å². The standard InChI is InChI=1S/C7H15NO3/c1-4(8-2)6(10)7-5(9)3-11-7/h4-10H,3H2,1-2H3/t4-,5-,6?,7?/m1/s1. The lowest BCUT2D eigenvalue weighted by Crippen LogP contribution is -2.57. The molecular weight excluding hydrogens is 146 g/mol. The van der Waals surface area contributed by atoms with Crippen molar-refractivity contribution in [1.82, 2.24) is 5.32 Å². The van der Waals surface area contributed by atoms with Gasteiger partial charge in [0.05, 0.1) is 12.7 Å². The first kappa shape index (κ1) is 8.93. The van der Waals surface area contributed by atoms with Gasteiger partial charge in [0.25, 0.3) is 0 Å². The van der Waals surface area contributed by atoms with Gasteiger partial charge in [-0.05, 0) is 14.0 Å². The van der Waals surface area contributed by atoms with Gasteiger partial charge in [-0.1, -0.05) is 0 Å². The molecule has 2 unspecified atom stereocenters. The fourth-order valence-electron chi connectivity index (χ4n) is 1.07. The number of hydrogen-bond acceptors (Lipinski definition) is 4. The minimum atomic E-state index is -0.622. The van der Waals surface area contributed by atoms with Crippen LogP contribution in [0.5, 0.6) is 0 Å². The summed E-state index contributed by atoms with van der Waals surface area (Å²) >= 11 is 0. The Balaban J connectivity index is 2.34. The van der Waals surface area contributed by atoms with Gasteiger partial charge in [-0.25, -0.2) is 0 Å². The molecule has 4 atom stereocenters. The highest BCUT2D eigenvalue weighted by molar-refractivity contribution is 4.88. The highest BCUT2D eigenvalue weighted by Gasteiger charge is 2.38. The van der Waals surface area contributed by atoms with E-state index in [0.717, 1.165) is 0 Å². The summed E-state index contributed by atoms with van der Waals surface area (Å²) in [5.41, 5.74) is 0. The van der Waals surface area contributed by atoms with E-state index in [2.05, 4.69) is 5.32 Å². The normalized spacial score (nSPS) is 36.0. The predicted octanol–water partition coefficient (Wildman–Crippen LogP) is -1.29. The van der Waals surface area contributed by atoms with Crippen molar-refractivity contribution in [3.63, 3.8) is 0 Å². The second-order valence-corrected chi connectivity index (χ2v) is 2.93. The number of ether oxygens (including phenoxy) is 1. The molecule has 0 saturated carbocycles. The summed E-state index contributed by atoms with van der Waals surface area (Å²) in [6, 6.07) is -0.0463. The molecule has 1 heterocycles. The maximum atomic E-state index is 9.46. The average Bonchev–Trinajstić information content (AvgIpc) is 2.00. The van der Waals surface area contributed by atoms with E-state index in [4.69, 9.17) is 9.84 Å². The summed E-state index contributed by atoms with van der Waals surface area (Å²) in [5, 5.41) is 21.5. The molecule has 1 aliphatic heterocycles. The minimum Gasteiger partial charge on any atom is -0.389 e. The first-order valence-corrected chi connectivity index (χ1v) is 3.82. The van der Waals surface area contributed by atoms with Crippen LogP contribution < -0.4 is 5.32 Å². The Hall–Kier alpha value is -0.160. The lowest BCUT2D eigenvalue weighted by Gasteiger charge is -2.38. The van der Waals surface area contributed by atoms with Crippen LogP contribution in [-0.4, -0.2) is 48.2 Å². The summed E-state index contributed by atoms with van der Waals surface area (Å²) < 4.78 is 4.99. The SMILES string of the molecule is CN[C@H](C)C(O)C1OC[C@H]1O. The molecule has 0 bridgehead atoms. The molecule has 4 heteroatoms. The molecule has 0 radical (unpaired) electrons. The van der Waals surface area contributed by atoms with Crippen molar-refractivity contribution >= 4 is 0 Å². The number of likely N-dealkylation sites (N-methyl/N-ethyl adjacent to an activating group) is 1. The number of rotatable bonds is 3. The van der Waals surface area contributed by atoms with Crippen molar-refractivity contribution < 1.29 is 14.9 Å². The van der Waals surface area contributed by atoms with E-state index in [1.807, 2.05) is 6.92 Å². The van der Waals surface area contributed by atoms with Gasteiger partial charge < -0.3 is 20.3 Å². The van der Waals surface area contributed by atoms with Crippen molar-refractivity contribution in [3.8, 4) is 0 Å². The van der Waals surface area contributed by atoms with Crippen LogP contribution >= 0.6 is 0 Å². The van der Waals surface area contributed by atoms with Gasteiger partial charge in [-0.3, -0.25) is 0 Å². The highest BCUT2D eigenvalue weighted by Crippen LogP contribution is 2.17. The third-order valence-electron chi connectivity index (χ3n) is 2.14. The summed E-state index contributed by atoms with van der Waals surface area (Å²) in [6.07, 6.45) is -1.53. The molecule has 1 fully saturated rings. The van der Waals surface area contributed by atoms with Crippen LogP contribution in [0.25, 0.3) is 0 Å². The molecule has 0 spiro atoms. The van der Waals surface area contributed by atoms with Crippen molar-refractivity contribution in [1.29, 1.82) is 0 Å². The van der Waals surface area contributed by atoms with Gasteiger partial charge in [0, 0.05) is 6.04 Å². The first-order valence-electron chi connectivity index (χ1n) is 3.82. The van der Waals surface area contributed by atoms with E-state index >= 15 is 0 Å². The molecule has 0 aromatic rings. The van der Waals surface area contributed by atoms with Crippen molar-refractivity contribution in [2.24, 2.45) is 0 Å². The number of nitrogens with one attached hydrogen (secondary N) is 1. The molecule has 1 aliphatic rings. The molecule has 0 aromatic heterocycles. The predicted molar refractivity (Wildman–Crippen MR) is 40.3 cm³/mol. The lowest BCUT2D eigenvalue weighted by molar-refractivity contribution is -0.205. The van der Waals surface area contributed by atoms with Gasteiger partial charge in [0.1, 0.15) is 12.2 Å². The third-order valence-corrected chi connectivity index (χ3v) is 2.14. The zero-order valence-corrected chi connectivity index (χ0v) is 6.82. The second kappa shape index (κ2) is 3.49. The monoisotopic (exact) mass is 161 g/mol. The zero-order valence-electron chi connectivity index (χ0n) is 6.82. The van der Waals surface area contributed by atoms with Crippen LogP contribution in [0.3, 0.4) is 0 Å². The highest BCUT2D eigenvalue weighted by atomic mass is 16.6. The minimum absolute atomic E-state index is 0.0463. The van der Waals surface area contributed by atoms with Crippen LogP contribution in [0.4, 0.5) is 0 Å². The Labute approximate surface area is 66.2 Å². The summed E-state index contributed by atoms with van der Waals surface area (Å²) in [7, 11) is 1.76. The number of aliphatic hydroxyl groups excluding tert-OH is 2. The molecule has 1 saturated heterocycles. The van der Waals surface area contributed by atoms with Crippen LogP contribution in [0.1, 0.15) is 6.92 Å². The fraction of sp³-hybridized carbons (Fsp3) is 1.00. The van der Waals surface area contributed by atoms with E-state index in [0.29, 0.717) is 6.61 Å². The van der Waals surface area contributed by atoms with Crippen LogP contribution in [-0.2, 0) is 4.74 Å². The second-order valence-electron chi connectivity index (χ2n) is 2.93. The Bertz CT molecular complexity index is 131. The summed E-state index contributed by atoms with van der Waals surface area (Å²) in [4.78, 5) is 0. The Morgan fingerprint density at radius 3 is 2.55 bits per heavy atom. The van der Waals surface area contributed by atoms with Crippen molar-refractivity contribution in [3.05, 3.63) is 0 Å². The van der Waals surface area contributed by atoms with Crippen LogP contribution in [0.2, 0.25) is 0 Å². The van der Waals surface area contributed by atoms with Gasteiger partial charge in [-0.15, -0.1) is 0 Å². The summed E-state index contributed by atoms with van der Waals surface area (Å²) in [5.74, 6) is 0. The topological polar surface area (TPSA) is 61.7 Å². The van der Waals surface area contributed by atoms with E-state index in [9.17, 15) is 5.11 Å². The molecule has 0 amide bonds. The molecule has 11 heavy (non-hydrogen) atoms. The number of hydrogen-bond donors (Lipinski definition) is 3. The quantitative estimate of drug-likeness (QED) is 0.482. The van der Waals surface area contributed by atoms with Gasteiger partial charge in [0.2, 0.25) is 0 Å². The van der Waals surface area contributed by atoms with Crippen molar-refractivity contribution in [2.45, 2.75) is 31.3 Å². The Morgan fingerprint density at radius 1 is 1.64 bits per heavy atom. The molecule has 0 aliphatic carbocycles. The average molecular weight is 161 g/mol. The van der Waals surface area contributed by atoms with E-state index < -0.39 is 18.3 Å². The maximum absolute atomic E-state index is 9.46. The molecule has 1 rings (SSSR count). The molecule has 0 aromatic carbocycles. The fourth-order valence-corrected chi connectivity index (χ4v) is 1.07. The van der Waals surface area contributed by atoms with Gasteiger partial charge >= 0.3 is 0 Å². The van der Waals surface area contributed by atoms with Crippen LogP contribution in [0, 0.1) is 0 Å². The van der Waals surface area contributed by atoms with E-state index in [-0.39, 0.29) is 6.04 Å². The van der Waals surface area contributed by atoms with E-state index in [1.54, 1.807) is 7.05 Å². The van der Waals surface area contributed by atoms with Crippen LogP contribution in [0.15, 0.2) is 0 Å². The van der Waals surface area contributed by atoms with E-state index in [1.165, 1.54) is 0 Å². The first-order chi connectivity index (χ1) is 5.16. The lowest BCUT2D eigenvalue weighted by atomic mass is 9.99. The smallest absolute Gasteiger partial charge is 0.113 e. The zero-order chi connectivity index (χ0) is 8.43. The molecular formula is C7H15NO3.